The van der Waals surface area contributed by atoms with Crippen molar-refractivity contribution in [3.05, 3.63) is 23.8 Å². The Morgan fingerprint density at radius 1 is 1.19 bits per heavy atom. The third-order valence-electron chi connectivity index (χ3n) is 3.67. The minimum absolute atomic E-state index is 0.501. The van der Waals surface area contributed by atoms with Gasteiger partial charge in [0.2, 0.25) is 0 Å². The first-order valence-electron chi connectivity index (χ1n) is 8.01. The van der Waals surface area contributed by atoms with Gasteiger partial charge in [-0.3, -0.25) is 0 Å². The van der Waals surface area contributed by atoms with E-state index in [0.29, 0.717) is 12.0 Å². The molecule has 0 heterocycles. The maximum Gasteiger partial charge on any atom is 0.103 e. The van der Waals surface area contributed by atoms with Crippen LogP contribution >= 0.6 is 11.8 Å². The van der Waals surface area contributed by atoms with Crippen molar-refractivity contribution < 1.29 is 0 Å². The molecule has 0 aliphatic heterocycles. The van der Waals surface area contributed by atoms with Gasteiger partial charge in [-0.1, -0.05) is 40.7 Å². The highest BCUT2D eigenvalue weighted by Gasteiger charge is 2.21. The van der Waals surface area contributed by atoms with Gasteiger partial charge in [0.05, 0.1) is 11.3 Å². The normalized spacial score (nSPS) is 11.0. The molecule has 0 unspecified atom stereocenters. The Hall–Kier alpha value is -1.14. The minimum atomic E-state index is 0.501. The van der Waals surface area contributed by atoms with Crippen LogP contribution in [0, 0.1) is 17.2 Å². The number of anilines is 1. The van der Waals surface area contributed by atoms with E-state index in [-0.39, 0.29) is 0 Å². The predicted octanol–water partition coefficient (Wildman–Crippen LogP) is 5.32. The number of benzene rings is 1. The van der Waals surface area contributed by atoms with Gasteiger partial charge < -0.3 is 4.90 Å². The summed E-state index contributed by atoms with van der Waals surface area (Å²) in [7, 11) is 0. The molecule has 1 aromatic rings. The molecule has 1 rings (SSSR count). The van der Waals surface area contributed by atoms with Crippen molar-refractivity contribution in [1.29, 1.82) is 5.26 Å². The second-order valence-corrected chi connectivity index (χ2v) is 7.02. The zero-order valence-electron chi connectivity index (χ0n) is 14.0. The Balaban J connectivity index is 3.29. The van der Waals surface area contributed by atoms with E-state index in [0.717, 1.165) is 41.3 Å². The number of rotatable bonds is 8. The third-order valence-corrected chi connectivity index (χ3v) is 4.61. The van der Waals surface area contributed by atoms with E-state index in [1.54, 1.807) is 11.8 Å². The van der Waals surface area contributed by atoms with Gasteiger partial charge in [0.25, 0.3) is 0 Å². The van der Waals surface area contributed by atoms with Gasteiger partial charge >= 0.3 is 0 Å². The van der Waals surface area contributed by atoms with E-state index in [1.165, 1.54) is 0 Å². The lowest BCUT2D eigenvalue weighted by molar-refractivity contribution is 0.507. The van der Waals surface area contributed by atoms with Crippen molar-refractivity contribution >= 4 is 17.4 Å². The van der Waals surface area contributed by atoms with Crippen LogP contribution in [0.25, 0.3) is 0 Å². The van der Waals surface area contributed by atoms with E-state index in [2.05, 4.69) is 63.8 Å². The molecule has 3 heteroatoms. The molecule has 0 saturated heterocycles. The summed E-state index contributed by atoms with van der Waals surface area (Å²) in [4.78, 5) is 3.56. The lowest BCUT2D eigenvalue weighted by Crippen LogP contribution is -2.38. The fourth-order valence-corrected chi connectivity index (χ4v) is 3.49. The Morgan fingerprint density at radius 3 is 2.33 bits per heavy atom. The molecule has 0 atom stereocenters. The zero-order valence-corrected chi connectivity index (χ0v) is 14.8. The Kier molecular flexibility index (Phi) is 7.67. The van der Waals surface area contributed by atoms with E-state index < -0.39 is 0 Å². The van der Waals surface area contributed by atoms with Gasteiger partial charge in [0.15, 0.2) is 0 Å². The third kappa shape index (κ3) is 4.68. The summed E-state index contributed by atoms with van der Waals surface area (Å²) in [5, 5.41) is 9.65. The first-order chi connectivity index (χ1) is 10.1. The maximum atomic E-state index is 9.65. The molecule has 0 aliphatic rings. The fraction of sp³-hybridized carbons (Fsp3) is 0.611. The van der Waals surface area contributed by atoms with Crippen LogP contribution in [-0.4, -0.2) is 18.3 Å². The van der Waals surface area contributed by atoms with E-state index in [4.69, 9.17) is 0 Å². The largest absolute Gasteiger partial charge is 0.367 e. The molecule has 1 aromatic carbocycles. The highest BCUT2D eigenvalue weighted by molar-refractivity contribution is 7.99. The van der Waals surface area contributed by atoms with Crippen LogP contribution in [-0.2, 0) is 0 Å². The van der Waals surface area contributed by atoms with E-state index in [9.17, 15) is 5.26 Å². The first-order valence-corrected chi connectivity index (χ1v) is 8.99. The van der Waals surface area contributed by atoms with Crippen LogP contribution in [0.2, 0.25) is 0 Å². The fourth-order valence-electron chi connectivity index (χ4n) is 2.71. The lowest BCUT2D eigenvalue weighted by atomic mass is 10.0. The number of thioether (sulfide) groups is 1. The number of nitriles is 1. The molecular weight excluding hydrogens is 276 g/mol. The second kappa shape index (κ2) is 9.00. The summed E-state index contributed by atoms with van der Waals surface area (Å²) in [6.07, 6.45) is 2.22. The van der Waals surface area contributed by atoms with Gasteiger partial charge in [-0.25, -0.2) is 0 Å². The zero-order chi connectivity index (χ0) is 15.8. The maximum absolute atomic E-state index is 9.65. The summed E-state index contributed by atoms with van der Waals surface area (Å²) in [5.41, 5.74) is 1.95. The smallest absolute Gasteiger partial charge is 0.103 e. The minimum Gasteiger partial charge on any atom is -0.367 e. The number of hydrogen-bond donors (Lipinski definition) is 0. The lowest BCUT2D eigenvalue weighted by Gasteiger charge is -2.35. The molecule has 0 N–H and O–H groups in total. The molecule has 0 radical (unpaired) electrons. The van der Waals surface area contributed by atoms with Gasteiger partial charge in [-0.15, -0.1) is 11.8 Å². The molecule has 0 bridgehead atoms. The summed E-state index contributed by atoms with van der Waals surface area (Å²) in [6, 6.07) is 9.21. The average Bonchev–Trinajstić information content (AvgIpc) is 2.47. The molecule has 0 saturated carbocycles. The molecule has 2 nitrogen and oxygen atoms in total. The van der Waals surface area contributed by atoms with Crippen LogP contribution in [0.1, 0.15) is 53.0 Å². The average molecular weight is 305 g/mol. The molecule has 0 aliphatic carbocycles. The van der Waals surface area contributed by atoms with Crippen molar-refractivity contribution in [3.63, 3.8) is 0 Å². The van der Waals surface area contributed by atoms with E-state index in [1.807, 2.05) is 0 Å². The van der Waals surface area contributed by atoms with Crippen LogP contribution in [0.4, 0.5) is 5.69 Å². The van der Waals surface area contributed by atoms with Crippen molar-refractivity contribution in [2.75, 3.05) is 17.2 Å². The topological polar surface area (TPSA) is 27.0 Å². The summed E-state index contributed by atoms with van der Waals surface area (Å²) in [5.74, 6) is 1.58. The highest BCUT2D eigenvalue weighted by atomic mass is 32.2. The Bertz CT molecular complexity index is 473. The molecule has 0 spiro atoms. The number of hydrogen-bond acceptors (Lipinski definition) is 3. The van der Waals surface area contributed by atoms with Gasteiger partial charge in [-0.05, 0) is 36.6 Å². The van der Waals surface area contributed by atoms with E-state index >= 15 is 0 Å². The van der Waals surface area contributed by atoms with Crippen LogP contribution in [0.3, 0.4) is 0 Å². The quantitative estimate of drug-likeness (QED) is 0.608. The number of nitrogens with zero attached hydrogens (tertiary/aromatic N) is 2. The van der Waals surface area contributed by atoms with Crippen LogP contribution in [0.5, 0.6) is 0 Å². The standard InChI is InChI=1S/C18H28N2S/c1-6-15(7-2)20(13-14(4)5)17-10-9-11-18(21-8-3)16(17)12-19/h9-11,14-15H,6-8,13H2,1-5H3. The summed E-state index contributed by atoms with van der Waals surface area (Å²) in [6.45, 7) is 12.1. The SMILES string of the molecule is CCSc1cccc(N(CC(C)C)C(CC)CC)c1C#N. The summed E-state index contributed by atoms with van der Waals surface area (Å²) < 4.78 is 0. The Labute approximate surface area is 134 Å². The molecule has 21 heavy (non-hydrogen) atoms. The van der Waals surface area contributed by atoms with Crippen LogP contribution < -0.4 is 4.90 Å². The second-order valence-electron chi connectivity index (χ2n) is 5.71. The van der Waals surface area contributed by atoms with Gasteiger partial charge in [0.1, 0.15) is 6.07 Å². The predicted molar refractivity (Wildman–Crippen MR) is 94.1 cm³/mol. The highest BCUT2D eigenvalue weighted by Crippen LogP contribution is 2.32. The molecule has 0 aromatic heterocycles. The van der Waals surface area contributed by atoms with Crippen molar-refractivity contribution in [2.45, 2.75) is 58.4 Å². The van der Waals surface area contributed by atoms with Crippen molar-refractivity contribution in [1.82, 2.24) is 0 Å². The van der Waals surface area contributed by atoms with Crippen molar-refractivity contribution in [2.24, 2.45) is 5.92 Å². The Morgan fingerprint density at radius 2 is 1.86 bits per heavy atom. The van der Waals surface area contributed by atoms with Crippen LogP contribution in [0.15, 0.2) is 23.1 Å². The van der Waals surface area contributed by atoms with Gasteiger partial charge in [0, 0.05) is 17.5 Å². The van der Waals surface area contributed by atoms with Gasteiger partial charge in [-0.2, -0.15) is 5.26 Å². The summed E-state index contributed by atoms with van der Waals surface area (Å²) >= 11 is 1.75. The molecule has 0 fully saturated rings. The molecular formula is C18H28N2S. The van der Waals surface area contributed by atoms with Crippen molar-refractivity contribution in [3.8, 4) is 6.07 Å². The monoisotopic (exact) mass is 304 g/mol. The molecule has 116 valence electrons. The molecule has 0 amide bonds. The first kappa shape index (κ1) is 17.9.